The van der Waals surface area contributed by atoms with Gasteiger partial charge in [0, 0.05) is 12.2 Å². The molecular weight excluding hydrogens is 128 g/mol. The molecule has 1 fully saturated rings. The Hall–Kier alpha value is -0.760. The Balaban J connectivity index is 2.12. The van der Waals surface area contributed by atoms with E-state index in [2.05, 4.69) is 0 Å². The summed E-state index contributed by atoms with van der Waals surface area (Å²) in [4.78, 5) is 0. The van der Waals surface area contributed by atoms with Crippen molar-refractivity contribution in [3.63, 3.8) is 0 Å². The van der Waals surface area contributed by atoms with Gasteiger partial charge in [-0.05, 0) is 18.9 Å². The lowest BCUT2D eigenvalue weighted by molar-refractivity contribution is 0.111. The van der Waals surface area contributed by atoms with Crippen LogP contribution < -0.4 is 0 Å². The summed E-state index contributed by atoms with van der Waals surface area (Å²) in [5, 5.41) is 0. The van der Waals surface area contributed by atoms with Crippen LogP contribution in [-0.2, 0) is 4.74 Å². The predicted octanol–water partition coefficient (Wildman–Crippen LogP) is 2.13. The smallest absolute Gasteiger partial charge is 0.0960 e. The Morgan fingerprint density at radius 1 is 1.50 bits per heavy atom. The largest absolute Gasteiger partial charge is 0.472 e. The fourth-order valence-electron chi connectivity index (χ4n) is 1.30. The number of hydrogen-bond acceptors (Lipinski definition) is 2. The summed E-state index contributed by atoms with van der Waals surface area (Å²) in [6.07, 6.45) is 6.07. The lowest BCUT2D eigenvalue weighted by atomic mass is 10.1. The highest BCUT2D eigenvalue weighted by molar-refractivity contribution is 5.10. The Morgan fingerprint density at radius 2 is 2.50 bits per heavy atom. The molecule has 1 saturated heterocycles. The van der Waals surface area contributed by atoms with Gasteiger partial charge in [-0.1, -0.05) is 0 Å². The molecule has 0 aliphatic carbocycles. The molecular formula is C8H10O2. The van der Waals surface area contributed by atoms with E-state index in [0.29, 0.717) is 6.10 Å². The van der Waals surface area contributed by atoms with E-state index in [0.717, 1.165) is 13.0 Å². The van der Waals surface area contributed by atoms with E-state index in [4.69, 9.17) is 9.15 Å². The molecule has 2 nitrogen and oxygen atoms in total. The number of rotatable bonds is 1. The maximum atomic E-state index is 5.44. The SMILES string of the molecule is c1cc(C2CCCO2)co1. The van der Waals surface area contributed by atoms with Gasteiger partial charge in [-0.2, -0.15) is 0 Å². The molecule has 1 aliphatic heterocycles. The van der Waals surface area contributed by atoms with Crippen LogP contribution in [0, 0.1) is 0 Å². The molecule has 2 heteroatoms. The number of hydrogen-bond donors (Lipinski definition) is 0. The molecule has 0 saturated carbocycles. The van der Waals surface area contributed by atoms with Gasteiger partial charge in [0.25, 0.3) is 0 Å². The van der Waals surface area contributed by atoms with Crippen LogP contribution >= 0.6 is 0 Å². The lowest BCUT2D eigenvalue weighted by Crippen LogP contribution is -1.91. The van der Waals surface area contributed by atoms with Crippen LogP contribution in [0.4, 0.5) is 0 Å². The molecule has 1 aromatic rings. The molecule has 1 aromatic heterocycles. The highest BCUT2D eigenvalue weighted by atomic mass is 16.5. The van der Waals surface area contributed by atoms with Crippen LogP contribution in [0.5, 0.6) is 0 Å². The second-order valence-corrected chi connectivity index (χ2v) is 2.56. The average molecular weight is 138 g/mol. The molecule has 10 heavy (non-hydrogen) atoms. The zero-order valence-electron chi connectivity index (χ0n) is 5.75. The van der Waals surface area contributed by atoms with Crippen molar-refractivity contribution in [2.75, 3.05) is 6.61 Å². The quantitative estimate of drug-likeness (QED) is 0.593. The van der Waals surface area contributed by atoms with E-state index >= 15 is 0 Å². The Morgan fingerprint density at radius 3 is 3.10 bits per heavy atom. The van der Waals surface area contributed by atoms with Crippen molar-refractivity contribution in [1.29, 1.82) is 0 Å². The monoisotopic (exact) mass is 138 g/mol. The van der Waals surface area contributed by atoms with Gasteiger partial charge in [0.2, 0.25) is 0 Å². The summed E-state index contributed by atoms with van der Waals surface area (Å²) >= 11 is 0. The van der Waals surface area contributed by atoms with Crippen LogP contribution in [-0.4, -0.2) is 6.61 Å². The van der Waals surface area contributed by atoms with Gasteiger partial charge in [0.15, 0.2) is 0 Å². The third kappa shape index (κ3) is 0.948. The Labute approximate surface area is 59.8 Å². The molecule has 1 unspecified atom stereocenters. The molecule has 1 atom stereocenters. The first-order valence-corrected chi connectivity index (χ1v) is 3.60. The molecule has 2 heterocycles. The van der Waals surface area contributed by atoms with Crippen LogP contribution in [0.2, 0.25) is 0 Å². The van der Waals surface area contributed by atoms with E-state index in [9.17, 15) is 0 Å². The molecule has 54 valence electrons. The lowest BCUT2D eigenvalue weighted by Gasteiger charge is -2.03. The minimum atomic E-state index is 0.304. The molecule has 0 radical (unpaired) electrons. The van der Waals surface area contributed by atoms with Gasteiger partial charge in [0.1, 0.15) is 0 Å². The molecule has 0 amide bonds. The van der Waals surface area contributed by atoms with Gasteiger partial charge < -0.3 is 9.15 Å². The molecule has 0 spiro atoms. The van der Waals surface area contributed by atoms with E-state index in [1.165, 1.54) is 12.0 Å². The summed E-state index contributed by atoms with van der Waals surface area (Å²) in [6.45, 7) is 0.899. The van der Waals surface area contributed by atoms with Gasteiger partial charge in [-0.15, -0.1) is 0 Å². The van der Waals surface area contributed by atoms with Crippen molar-refractivity contribution >= 4 is 0 Å². The van der Waals surface area contributed by atoms with E-state index in [1.54, 1.807) is 12.5 Å². The highest BCUT2D eigenvalue weighted by Gasteiger charge is 2.17. The van der Waals surface area contributed by atoms with Gasteiger partial charge in [0.05, 0.1) is 18.6 Å². The second kappa shape index (κ2) is 2.46. The summed E-state index contributed by atoms with van der Waals surface area (Å²) < 4.78 is 10.4. The normalized spacial score (nSPS) is 25.4. The first kappa shape index (κ1) is 5.98. The van der Waals surface area contributed by atoms with Crippen LogP contribution in [0.1, 0.15) is 24.5 Å². The van der Waals surface area contributed by atoms with Crippen molar-refractivity contribution in [1.82, 2.24) is 0 Å². The fourth-order valence-corrected chi connectivity index (χ4v) is 1.30. The van der Waals surface area contributed by atoms with Crippen LogP contribution in [0.25, 0.3) is 0 Å². The molecule has 1 aliphatic rings. The van der Waals surface area contributed by atoms with Gasteiger partial charge in [-0.25, -0.2) is 0 Å². The molecule has 0 N–H and O–H groups in total. The van der Waals surface area contributed by atoms with E-state index in [-0.39, 0.29) is 0 Å². The van der Waals surface area contributed by atoms with Crippen molar-refractivity contribution in [2.45, 2.75) is 18.9 Å². The van der Waals surface area contributed by atoms with E-state index < -0.39 is 0 Å². The predicted molar refractivity (Wildman–Crippen MR) is 36.6 cm³/mol. The van der Waals surface area contributed by atoms with Crippen molar-refractivity contribution in [2.24, 2.45) is 0 Å². The van der Waals surface area contributed by atoms with Crippen LogP contribution in [0.15, 0.2) is 23.0 Å². The molecule has 0 bridgehead atoms. The highest BCUT2D eigenvalue weighted by Crippen LogP contribution is 2.28. The maximum absolute atomic E-state index is 5.44. The second-order valence-electron chi connectivity index (χ2n) is 2.56. The van der Waals surface area contributed by atoms with Gasteiger partial charge >= 0.3 is 0 Å². The Kier molecular flexibility index (Phi) is 1.47. The van der Waals surface area contributed by atoms with Crippen LogP contribution in [0.3, 0.4) is 0 Å². The third-order valence-electron chi connectivity index (χ3n) is 1.84. The topological polar surface area (TPSA) is 22.4 Å². The summed E-state index contributed by atoms with van der Waals surface area (Å²) in [6, 6.07) is 1.97. The standard InChI is InChI=1S/C8H10O2/c1-2-8(10-4-1)7-3-5-9-6-7/h3,5-6,8H,1-2,4H2. The zero-order valence-corrected chi connectivity index (χ0v) is 5.75. The summed E-state index contributed by atoms with van der Waals surface area (Å²) in [5.41, 5.74) is 1.18. The van der Waals surface area contributed by atoms with E-state index in [1.807, 2.05) is 6.07 Å². The number of furan rings is 1. The first-order chi connectivity index (χ1) is 4.97. The van der Waals surface area contributed by atoms with Crippen molar-refractivity contribution in [3.05, 3.63) is 24.2 Å². The Bertz CT molecular complexity index is 185. The molecule has 2 rings (SSSR count). The minimum absolute atomic E-state index is 0.304. The fraction of sp³-hybridized carbons (Fsp3) is 0.500. The summed E-state index contributed by atoms with van der Waals surface area (Å²) in [7, 11) is 0. The first-order valence-electron chi connectivity index (χ1n) is 3.60. The summed E-state index contributed by atoms with van der Waals surface area (Å²) in [5.74, 6) is 0. The molecule has 0 aromatic carbocycles. The van der Waals surface area contributed by atoms with Crippen molar-refractivity contribution < 1.29 is 9.15 Å². The average Bonchev–Trinajstić information content (AvgIpc) is 2.59. The minimum Gasteiger partial charge on any atom is -0.472 e. The third-order valence-corrected chi connectivity index (χ3v) is 1.84. The zero-order chi connectivity index (χ0) is 6.81. The number of ether oxygens (including phenoxy) is 1. The maximum Gasteiger partial charge on any atom is 0.0960 e. The van der Waals surface area contributed by atoms with Crippen molar-refractivity contribution in [3.8, 4) is 0 Å². The van der Waals surface area contributed by atoms with Gasteiger partial charge in [-0.3, -0.25) is 0 Å².